The van der Waals surface area contributed by atoms with Crippen LogP contribution in [0.5, 0.6) is 0 Å². The summed E-state index contributed by atoms with van der Waals surface area (Å²) in [5.41, 5.74) is 0. The number of carbonyl (C=O) groups excluding carboxylic acids is 1. The molecule has 2 aliphatic rings. The van der Waals surface area contributed by atoms with Crippen molar-refractivity contribution >= 4 is 15.7 Å². The van der Waals surface area contributed by atoms with Crippen molar-refractivity contribution in [1.82, 2.24) is 10.6 Å². The van der Waals surface area contributed by atoms with Crippen LogP contribution in [0.1, 0.15) is 19.3 Å². The molecule has 1 saturated carbocycles. The van der Waals surface area contributed by atoms with E-state index >= 15 is 0 Å². The minimum atomic E-state index is -3.00. The second-order valence-corrected chi connectivity index (χ2v) is 7.41. The van der Waals surface area contributed by atoms with Crippen molar-refractivity contribution in [1.29, 1.82) is 0 Å². The molecule has 0 aromatic rings. The second kappa shape index (κ2) is 5.54. The van der Waals surface area contributed by atoms with Crippen molar-refractivity contribution < 1.29 is 18.3 Å². The molecule has 1 aliphatic carbocycles. The highest BCUT2D eigenvalue weighted by Crippen LogP contribution is 2.32. The zero-order valence-corrected chi connectivity index (χ0v) is 11.1. The van der Waals surface area contributed by atoms with Gasteiger partial charge in [-0.1, -0.05) is 0 Å². The Morgan fingerprint density at radius 2 is 2.17 bits per heavy atom. The summed E-state index contributed by atoms with van der Waals surface area (Å²) in [7, 11) is -3.00. The number of nitrogens with one attached hydrogen (secondary N) is 2. The van der Waals surface area contributed by atoms with Gasteiger partial charge in [0.25, 0.3) is 0 Å². The second-order valence-electron chi connectivity index (χ2n) is 5.18. The van der Waals surface area contributed by atoms with Gasteiger partial charge in [0.2, 0.25) is 5.91 Å². The lowest BCUT2D eigenvalue weighted by molar-refractivity contribution is -0.122. The molecule has 0 aromatic carbocycles. The Morgan fingerprint density at radius 1 is 1.44 bits per heavy atom. The predicted molar refractivity (Wildman–Crippen MR) is 66.8 cm³/mol. The van der Waals surface area contributed by atoms with Gasteiger partial charge in [0, 0.05) is 25.6 Å². The first-order chi connectivity index (χ1) is 8.46. The van der Waals surface area contributed by atoms with Gasteiger partial charge in [-0.15, -0.1) is 0 Å². The normalized spacial score (nSPS) is 28.6. The number of carbonyl (C=O) groups is 1. The molecule has 1 aliphatic heterocycles. The zero-order chi connectivity index (χ0) is 13.2. The number of aliphatic hydroxyl groups is 1. The Labute approximate surface area is 107 Å². The summed E-state index contributed by atoms with van der Waals surface area (Å²) in [5, 5.41) is 15.3. The summed E-state index contributed by atoms with van der Waals surface area (Å²) in [6, 6.07) is -0.304. The Balaban J connectivity index is 1.70. The van der Waals surface area contributed by atoms with Crippen LogP contribution < -0.4 is 10.6 Å². The van der Waals surface area contributed by atoms with Gasteiger partial charge in [0.1, 0.15) is 0 Å². The van der Waals surface area contributed by atoms with Crippen molar-refractivity contribution in [2.75, 3.05) is 24.6 Å². The van der Waals surface area contributed by atoms with Crippen LogP contribution in [0.25, 0.3) is 0 Å². The molecule has 18 heavy (non-hydrogen) atoms. The van der Waals surface area contributed by atoms with Gasteiger partial charge in [0.15, 0.2) is 9.84 Å². The number of hydrogen-bond acceptors (Lipinski definition) is 5. The van der Waals surface area contributed by atoms with E-state index in [1.165, 1.54) is 0 Å². The zero-order valence-electron chi connectivity index (χ0n) is 10.3. The summed E-state index contributed by atoms with van der Waals surface area (Å²) in [5.74, 6) is 0.291. The van der Waals surface area contributed by atoms with E-state index in [1.807, 2.05) is 0 Å². The first kappa shape index (κ1) is 13.8. The Kier molecular flexibility index (Phi) is 4.24. The highest BCUT2D eigenvalue weighted by atomic mass is 32.2. The van der Waals surface area contributed by atoms with Crippen LogP contribution in [0.2, 0.25) is 0 Å². The fourth-order valence-electron chi connectivity index (χ4n) is 2.16. The van der Waals surface area contributed by atoms with Gasteiger partial charge in [0.05, 0.1) is 17.6 Å². The highest BCUT2D eigenvalue weighted by Gasteiger charge is 2.30. The molecular formula is C11H20N2O4S. The molecule has 1 heterocycles. The van der Waals surface area contributed by atoms with Gasteiger partial charge < -0.3 is 15.7 Å². The van der Waals surface area contributed by atoms with Crippen LogP contribution in [0, 0.1) is 5.92 Å². The van der Waals surface area contributed by atoms with Crippen molar-refractivity contribution in [2.45, 2.75) is 31.4 Å². The quantitative estimate of drug-likeness (QED) is 0.577. The van der Waals surface area contributed by atoms with Crippen molar-refractivity contribution in [3.63, 3.8) is 0 Å². The summed E-state index contributed by atoms with van der Waals surface area (Å²) in [6.07, 6.45) is 1.74. The van der Waals surface area contributed by atoms with Gasteiger partial charge in [-0.05, 0) is 18.8 Å². The highest BCUT2D eigenvalue weighted by molar-refractivity contribution is 7.91. The van der Waals surface area contributed by atoms with Crippen molar-refractivity contribution in [2.24, 2.45) is 5.92 Å². The average Bonchev–Trinajstić information content (AvgIpc) is 3.08. The third kappa shape index (κ3) is 4.22. The van der Waals surface area contributed by atoms with E-state index in [0.29, 0.717) is 12.5 Å². The maximum atomic E-state index is 11.6. The minimum Gasteiger partial charge on any atom is -0.391 e. The smallest absolute Gasteiger partial charge is 0.221 e. The van der Waals surface area contributed by atoms with E-state index in [4.69, 9.17) is 0 Å². The summed E-state index contributed by atoms with van der Waals surface area (Å²) in [4.78, 5) is 11.6. The maximum absolute atomic E-state index is 11.6. The topological polar surface area (TPSA) is 95.5 Å². The molecule has 2 unspecified atom stereocenters. The summed E-state index contributed by atoms with van der Waals surface area (Å²) >= 11 is 0. The number of amides is 1. The number of sulfone groups is 1. The van der Waals surface area contributed by atoms with Crippen LogP contribution in [0.3, 0.4) is 0 Å². The molecule has 1 amide bonds. The monoisotopic (exact) mass is 276 g/mol. The molecule has 2 atom stereocenters. The van der Waals surface area contributed by atoms with E-state index in [0.717, 1.165) is 12.8 Å². The molecule has 0 bridgehead atoms. The van der Waals surface area contributed by atoms with E-state index in [9.17, 15) is 18.3 Å². The molecule has 3 N–H and O–H groups in total. The molecule has 0 aromatic heterocycles. The third-order valence-electron chi connectivity index (χ3n) is 3.41. The molecule has 1 saturated heterocycles. The largest absolute Gasteiger partial charge is 0.391 e. The standard InChI is InChI=1S/C11H20N2O4S/c14-10(8-1-2-8)6-13-11(15)5-9-7-18(16,17)4-3-12-9/h8-10,12,14H,1-7H2,(H,13,15). The lowest BCUT2D eigenvalue weighted by Crippen LogP contribution is -2.47. The van der Waals surface area contributed by atoms with E-state index in [-0.39, 0.29) is 36.4 Å². The number of hydrogen-bond donors (Lipinski definition) is 3. The van der Waals surface area contributed by atoms with E-state index in [1.54, 1.807) is 0 Å². The molecular weight excluding hydrogens is 256 g/mol. The maximum Gasteiger partial charge on any atom is 0.221 e. The van der Waals surface area contributed by atoms with Crippen molar-refractivity contribution in [3.05, 3.63) is 0 Å². The van der Waals surface area contributed by atoms with E-state index in [2.05, 4.69) is 10.6 Å². The van der Waals surface area contributed by atoms with Crippen LogP contribution in [0.15, 0.2) is 0 Å². The molecule has 6 nitrogen and oxygen atoms in total. The molecule has 2 fully saturated rings. The number of aliphatic hydroxyl groups excluding tert-OH is 1. The summed E-state index contributed by atoms with van der Waals surface area (Å²) in [6.45, 7) is 0.675. The summed E-state index contributed by atoms with van der Waals surface area (Å²) < 4.78 is 22.8. The fourth-order valence-corrected chi connectivity index (χ4v) is 3.60. The van der Waals surface area contributed by atoms with Crippen molar-refractivity contribution in [3.8, 4) is 0 Å². The van der Waals surface area contributed by atoms with E-state index < -0.39 is 15.9 Å². The Bertz CT molecular complexity index is 405. The van der Waals surface area contributed by atoms with Gasteiger partial charge in [-0.2, -0.15) is 0 Å². The molecule has 7 heteroatoms. The molecule has 0 radical (unpaired) electrons. The first-order valence-corrected chi connectivity index (χ1v) is 8.17. The van der Waals surface area contributed by atoms with Crippen LogP contribution >= 0.6 is 0 Å². The van der Waals surface area contributed by atoms with Gasteiger partial charge >= 0.3 is 0 Å². The SMILES string of the molecule is O=C(CC1CS(=O)(=O)CCN1)NCC(O)C1CC1. The predicted octanol–water partition coefficient (Wildman–Crippen LogP) is -1.35. The third-order valence-corrected chi connectivity index (χ3v) is 5.14. The van der Waals surface area contributed by atoms with Crippen LogP contribution in [-0.2, 0) is 14.6 Å². The lowest BCUT2D eigenvalue weighted by Gasteiger charge is -2.23. The number of rotatable bonds is 5. The lowest BCUT2D eigenvalue weighted by atomic mass is 10.2. The minimum absolute atomic E-state index is 0.0194. The molecule has 0 spiro atoms. The fraction of sp³-hybridized carbons (Fsp3) is 0.909. The molecule has 2 rings (SSSR count). The Morgan fingerprint density at radius 3 is 2.78 bits per heavy atom. The van der Waals surface area contributed by atoms with Gasteiger partial charge in [-0.25, -0.2) is 8.42 Å². The Hall–Kier alpha value is -0.660. The average molecular weight is 276 g/mol. The first-order valence-electron chi connectivity index (χ1n) is 6.35. The van der Waals surface area contributed by atoms with Crippen LogP contribution in [0.4, 0.5) is 0 Å². The van der Waals surface area contributed by atoms with Crippen LogP contribution in [-0.4, -0.2) is 56.2 Å². The van der Waals surface area contributed by atoms with Gasteiger partial charge in [-0.3, -0.25) is 4.79 Å². The molecule has 104 valence electrons.